The third kappa shape index (κ3) is 5.40. The highest BCUT2D eigenvalue weighted by atomic mass is 127. The van der Waals surface area contributed by atoms with Crippen molar-refractivity contribution in [1.29, 1.82) is 0 Å². The van der Waals surface area contributed by atoms with Gasteiger partial charge in [-0.25, -0.2) is 0 Å². The van der Waals surface area contributed by atoms with E-state index in [4.69, 9.17) is 18.9 Å². The van der Waals surface area contributed by atoms with Crippen LogP contribution in [0.15, 0.2) is 0 Å². The number of carbonyl (C=O) groups is 3. The van der Waals surface area contributed by atoms with Crippen molar-refractivity contribution < 1.29 is 38.4 Å². The van der Waals surface area contributed by atoms with Crippen LogP contribution in [0.25, 0.3) is 0 Å². The van der Waals surface area contributed by atoms with Crippen molar-refractivity contribution in [2.45, 2.75) is 49.3 Å². The maximum absolute atomic E-state index is 11.2. The molecular formula is C12H17IO8. The Morgan fingerprint density at radius 1 is 1.05 bits per heavy atom. The van der Waals surface area contributed by atoms with Gasteiger partial charge >= 0.3 is 17.9 Å². The zero-order valence-corrected chi connectivity index (χ0v) is 13.9. The maximum Gasteiger partial charge on any atom is 0.303 e. The van der Waals surface area contributed by atoms with E-state index >= 15 is 0 Å². The van der Waals surface area contributed by atoms with E-state index in [1.807, 2.05) is 22.6 Å². The van der Waals surface area contributed by atoms with Crippen LogP contribution in [0.5, 0.6) is 0 Å². The number of hydrogen-bond donors (Lipinski definition) is 1. The summed E-state index contributed by atoms with van der Waals surface area (Å²) in [5.74, 6) is -1.73. The molecule has 1 rings (SSSR count). The lowest BCUT2D eigenvalue weighted by Crippen LogP contribution is -2.59. The molecule has 0 bridgehead atoms. The molecule has 1 fully saturated rings. The van der Waals surface area contributed by atoms with Gasteiger partial charge < -0.3 is 24.1 Å². The molecule has 1 aliphatic heterocycles. The molecular weight excluding hydrogens is 399 g/mol. The van der Waals surface area contributed by atoms with Gasteiger partial charge in [0.2, 0.25) is 0 Å². The summed E-state index contributed by atoms with van der Waals surface area (Å²) in [6, 6.07) is 0. The quantitative estimate of drug-likeness (QED) is 0.294. The summed E-state index contributed by atoms with van der Waals surface area (Å²) in [6.45, 7) is 3.38. The predicted molar refractivity (Wildman–Crippen MR) is 76.4 cm³/mol. The first kappa shape index (κ1) is 18.1. The molecule has 0 aromatic heterocycles. The maximum atomic E-state index is 11.2. The minimum atomic E-state index is -1.25. The molecule has 1 saturated heterocycles. The van der Waals surface area contributed by atoms with Crippen molar-refractivity contribution in [2.75, 3.05) is 6.61 Å². The first-order valence-electron chi connectivity index (χ1n) is 6.17. The van der Waals surface area contributed by atoms with Crippen LogP contribution in [0.1, 0.15) is 20.8 Å². The highest BCUT2D eigenvalue weighted by molar-refractivity contribution is 14.1. The monoisotopic (exact) mass is 416 g/mol. The van der Waals surface area contributed by atoms with Gasteiger partial charge in [0.05, 0.1) is 0 Å². The van der Waals surface area contributed by atoms with Crippen LogP contribution in [0.2, 0.25) is 0 Å². The molecule has 0 aromatic rings. The smallest absolute Gasteiger partial charge is 0.303 e. The van der Waals surface area contributed by atoms with Crippen LogP contribution in [-0.4, -0.2) is 58.1 Å². The minimum Gasteiger partial charge on any atom is -0.463 e. The summed E-state index contributed by atoms with van der Waals surface area (Å²) >= 11 is 1.84. The number of aliphatic hydroxyl groups is 1. The average molecular weight is 416 g/mol. The van der Waals surface area contributed by atoms with Gasteiger partial charge in [-0.15, -0.1) is 0 Å². The first-order valence-corrected chi connectivity index (χ1v) is 7.42. The van der Waals surface area contributed by atoms with E-state index < -0.39 is 46.4 Å². The number of carbonyl (C=O) groups excluding carboxylic acids is 3. The van der Waals surface area contributed by atoms with Gasteiger partial charge in [-0.2, -0.15) is 0 Å². The fraction of sp³-hybridized carbons (Fsp3) is 0.750. The Kier molecular flexibility index (Phi) is 6.81. The van der Waals surface area contributed by atoms with Gasteiger partial charge in [0.1, 0.15) is 16.6 Å². The average Bonchev–Trinajstić information content (AvgIpc) is 2.35. The number of halogens is 1. The van der Waals surface area contributed by atoms with Crippen LogP contribution in [0.3, 0.4) is 0 Å². The van der Waals surface area contributed by atoms with E-state index in [2.05, 4.69) is 0 Å². The van der Waals surface area contributed by atoms with E-state index in [1.165, 1.54) is 20.8 Å². The van der Waals surface area contributed by atoms with Crippen molar-refractivity contribution in [2.24, 2.45) is 0 Å². The predicted octanol–water partition coefficient (Wildman–Crippen LogP) is -0.0663. The van der Waals surface area contributed by atoms with Crippen LogP contribution < -0.4 is 0 Å². The largest absolute Gasteiger partial charge is 0.463 e. The highest BCUT2D eigenvalue weighted by Gasteiger charge is 2.48. The fourth-order valence-corrected chi connectivity index (χ4v) is 2.60. The van der Waals surface area contributed by atoms with Crippen molar-refractivity contribution in [3.05, 3.63) is 0 Å². The number of ether oxygens (including phenoxy) is 4. The summed E-state index contributed by atoms with van der Waals surface area (Å²) in [5.41, 5.74) is 0. The van der Waals surface area contributed by atoms with Crippen LogP contribution in [0.4, 0.5) is 0 Å². The second kappa shape index (κ2) is 7.90. The Bertz CT molecular complexity index is 412. The van der Waals surface area contributed by atoms with E-state index in [-0.39, 0.29) is 6.61 Å². The van der Waals surface area contributed by atoms with E-state index in [0.29, 0.717) is 0 Å². The molecule has 1 N–H and O–H groups in total. The van der Waals surface area contributed by atoms with Crippen LogP contribution >= 0.6 is 22.6 Å². The molecule has 8 nitrogen and oxygen atoms in total. The zero-order valence-electron chi connectivity index (χ0n) is 11.8. The molecule has 1 aliphatic rings. The lowest BCUT2D eigenvalue weighted by atomic mass is 10.0. The molecule has 0 saturated carbocycles. The Balaban J connectivity index is 2.94. The lowest BCUT2D eigenvalue weighted by Gasteiger charge is -2.41. The molecule has 9 heteroatoms. The summed E-state index contributed by atoms with van der Waals surface area (Å²) in [5, 5.41) is 9.85. The molecule has 21 heavy (non-hydrogen) atoms. The molecule has 0 spiro atoms. The number of rotatable bonds is 4. The molecule has 120 valence electrons. The SMILES string of the molecule is CC(=O)OC[C@H]1OC(O)C(I)[C@@H](OC(C)=O)[C@@H]1OC(C)=O. The second-order valence-electron chi connectivity index (χ2n) is 4.46. The van der Waals surface area contributed by atoms with E-state index in [0.717, 1.165) is 0 Å². The van der Waals surface area contributed by atoms with E-state index in [1.54, 1.807) is 0 Å². The topological polar surface area (TPSA) is 108 Å². The molecule has 5 atom stereocenters. The van der Waals surface area contributed by atoms with Gasteiger partial charge in [0, 0.05) is 20.8 Å². The summed E-state index contributed by atoms with van der Waals surface area (Å²) in [4.78, 5) is 33.3. The van der Waals surface area contributed by atoms with Crippen molar-refractivity contribution >= 4 is 40.5 Å². The normalized spacial score (nSPS) is 32.1. The van der Waals surface area contributed by atoms with Crippen LogP contribution in [0, 0.1) is 0 Å². The second-order valence-corrected chi connectivity index (χ2v) is 5.90. The summed E-state index contributed by atoms with van der Waals surface area (Å²) < 4.78 is 19.7. The number of alkyl halides is 1. The summed E-state index contributed by atoms with van der Waals surface area (Å²) in [6.07, 6.45) is -4.06. The van der Waals surface area contributed by atoms with Gasteiger partial charge in [-0.1, -0.05) is 22.6 Å². The molecule has 2 unspecified atom stereocenters. The van der Waals surface area contributed by atoms with Gasteiger partial charge in [-0.3, -0.25) is 14.4 Å². The Labute approximate surface area is 135 Å². The third-order valence-electron chi connectivity index (χ3n) is 2.65. The summed E-state index contributed by atoms with van der Waals surface area (Å²) in [7, 11) is 0. The Morgan fingerprint density at radius 3 is 2.05 bits per heavy atom. The fourth-order valence-electron chi connectivity index (χ4n) is 1.88. The number of esters is 3. The number of hydrogen-bond acceptors (Lipinski definition) is 8. The van der Waals surface area contributed by atoms with Crippen molar-refractivity contribution in [1.82, 2.24) is 0 Å². The third-order valence-corrected chi connectivity index (χ3v) is 3.97. The van der Waals surface area contributed by atoms with Gasteiger partial charge in [0.25, 0.3) is 0 Å². The minimum absolute atomic E-state index is 0.231. The molecule has 0 aliphatic carbocycles. The van der Waals surface area contributed by atoms with E-state index in [9.17, 15) is 19.5 Å². The first-order chi connectivity index (χ1) is 9.72. The molecule has 1 heterocycles. The van der Waals surface area contributed by atoms with Crippen molar-refractivity contribution in [3.63, 3.8) is 0 Å². The molecule has 0 aromatic carbocycles. The van der Waals surface area contributed by atoms with Gasteiger partial charge in [0.15, 0.2) is 18.5 Å². The lowest BCUT2D eigenvalue weighted by molar-refractivity contribution is -0.246. The Morgan fingerprint density at radius 2 is 1.57 bits per heavy atom. The van der Waals surface area contributed by atoms with Crippen LogP contribution in [-0.2, 0) is 33.3 Å². The standard InChI is InChI=1S/C12H17IO8/c1-5(14)18-4-8-10(19-6(2)15)11(20-7(3)16)9(13)12(17)21-8/h8-12,17H,4H2,1-3H3/t8-,9?,10-,11-,12?/m1/s1. The number of aliphatic hydroxyl groups excluding tert-OH is 1. The molecule has 0 radical (unpaired) electrons. The Hall–Kier alpha value is -0.940. The van der Waals surface area contributed by atoms with Crippen molar-refractivity contribution in [3.8, 4) is 0 Å². The zero-order chi connectivity index (χ0) is 16.2. The molecule has 0 amide bonds. The van der Waals surface area contributed by atoms with Gasteiger partial charge in [-0.05, 0) is 0 Å². The highest BCUT2D eigenvalue weighted by Crippen LogP contribution is 2.30.